The molecule has 1 N–H and O–H groups in total. The number of hydrogen-bond acceptors (Lipinski definition) is 2. The summed E-state index contributed by atoms with van der Waals surface area (Å²) in [6, 6.07) is 5.64. The SMILES string of the molecule is O=C(O)C1OC1c1ccc(F)cc1.[H-].[K+]. The van der Waals surface area contributed by atoms with Crippen LogP contribution < -0.4 is 51.4 Å². The maximum Gasteiger partial charge on any atom is 1.00 e. The van der Waals surface area contributed by atoms with Gasteiger partial charge in [-0.3, -0.25) is 0 Å². The summed E-state index contributed by atoms with van der Waals surface area (Å²) in [6.45, 7) is 0. The zero-order valence-corrected chi connectivity index (χ0v) is 10.7. The summed E-state index contributed by atoms with van der Waals surface area (Å²) in [5.41, 5.74) is 0.703. The zero-order valence-electron chi connectivity index (χ0n) is 8.61. The second kappa shape index (κ2) is 4.83. The fourth-order valence-corrected chi connectivity index (χ4v) is 1.21. The summed E-state index contributed by atoms with van der Waals surface area (Å²) in [5, 5.41) is 8.54. The summed E-state index contributed by atoms with van der Waals surface area (Å²) in [5.74, 6) is -1.31. The normalized spacial score (nSPS) is 23.8. The van der Waals surface area contributed by atoms with Crippen LogP contribution in [-0.4, -0.2) is 17.2 Å². The average molecular weight is 222 g/mol. The van der Waals surface area contributed by atoms with Gasteiger partial charge in [-0.05, 0) is 17.7 Å². The molecule has 0 aliphatic carbocycles. The predicted octanol–water partition coefficient (Wildman–Crippen LogP) is -1.53. The van der Waals surface area contributed by atoms with Crippen molar-refractivity contribution in [2.45, 2.75) is 12.2 Å². The molecule has 1 heterocycles. The number of hydrogen-bond donors (Lipinski definition) is 1. The van der Waals surface area contributed by atoms with Crippen LogP contribution in [-0.2, 0) is 9.53 Å². The molecule has 2 atom stereocenters. The molecule has 70 valence electrons. The summed E-state index contributed by atoms with van der Waals surface area (Å²) < 4.78 is 17.4. The van der Waals surface area contributed by atoms with Crippen LogP contribution in [0.5, 0.6) is 0 Å². The Bertz CT molecular complexity index is 344. The molecule has 3 nitrogen and oxygen atoms in total. The molecule has 1 aliphatic rings. The van der Waals surface area contributed by atoms with Crippen LogP contribution in [0.25, 0.3) is 0 Å². The molecule has 0 amide bonds. The van der Waals surface area contributed by atoms with E-state index in [-0.39, 0.29) is 58.6 Å². The van der Waals surface area contributed by atoms with E-state index in [0.717, 1.165) is 0 Å². The van der Waals surface area contributed by atoms with Crippen LogP contribution in [0.2, 0.25) is 0 Å². The Morgan fingerprint density at radius 3 is 2.43 bits per heavy atom. The Balaban J connectivity index is 0.000000980. The number of carbonyl (C=O) groups is 1. The van der Waals surface area contributed by atoms with E-state index in [1.165, 1.54) is 24.3 Å². The average Bonchev–Trinajstić information content (AvgIpc) is 2.85. The Hall–Kier alpha value is 0.216. The first kappa shape index (κ1) is 12.3. The maximum absolute atomic E-state index is 12.5. The Labute approximate surface area is 124 Å². The number of epoxide rings is 1. The van der Waals surface area contributed by atoms with Crippen molar-refractivity contribution in [1.82, 2.24) is 0 Å². The van der Waals surface area contributed by atoms with E-state index in [9.17, 15) is 9.18 Å². The minimum atomic E-state index is -0.977. The molecule has 5 heteroatoms. The minimum Gasteiger partial charge on any atom is -1.00 e. The number of carboxylic acids is 1. The Kier molecular flexibility index (Phi) is 4.24. The summed E-state index contributed by atoms with van der Waals surface area (Å²) >= 11 is 0. The van der Waals surface area contributed by atoms with Gasteiger partial charge in [0.25, 0.3) is 0 Å². The van der Waals surface area contributed by atoms with Crippen LogP contribution in [0.1, 0.15) is 13.1 Å². The first-order chi connectivity index (χ1) is 6.18. The molecule has 1 aromatic rings. The second-order valence-corrected chi connectivity index (χ2v) is 2.87. The van der Waals surface area contributed by atoms with Gasteiger partial charge in [-0.2, -0.15) is 0 Å². The van der Waals surface area contributed by atoms with E-state index < -0.39 is 18.2 Å². The van der Waals surface area contributed by atoms with Gasteiger partial charge in [0.05, 0.1) is 0 Å². The van der Waals surface area contributed by atoms with Crippen molar-refractivity contribution in [2.24, 2.45) is 0 Å². The van der Waals surface area contributed by atoms with Gasteiger partial charge in [-0.1, -0.05) is 12.1 Å². The largest absolute Gasteiger partial charge is 1.00 e. The number of carboxylic acid groups (broad SMARTS) is 1. The Morgan fingerprint density at radius 2 is 2.00 bits per heavy atom. The van der Waals surface area contributed by atoms with Crippen molar-refractivity contribution >= 4 is 5.97 Å². The number of ether oxygens (including phenoxy) is 1. The summed E-state index contributed by atoms with van der Waals surface area (Å²) in [4.78, 5) is 10.4. The molecule has 1 saturated heterocycles. The fraction of sp³-hybridized carbons (Fsp3) is 0.222. The molecule has 2 rings (SSSR count). The number of halogens is 1. The van der Waals surface area contributed by atoms with Crippen LogP contribution in [0.15, 0.2) is 24.3 Å². The monoisotopic (exact) mass is 222 g/mol. The van der Waals surface area contributed by atoms with Crippen LogP contribution in [0.3, 0.4) is 0 Å². The molecular weight excluding hydrogens is 214 g/mol. The Morgan fingerprint density at radius 1 is 1.43 bits per heavy atom. The maximum atomic E-state index is 12.5. The molecule has 0 spiro atoms. The zero-order chi connectivity index (χ0) is 9.42. The van der Waals surface area contributed by atoms with Gasteiger partial charge in [0, 0.05) is 0 Å². The van der Waals surface area contributed by atoms with Crippen molar-refractivity contribution in [3.63, 3.8) is 0 Å². The van der Waals surface area contributed by atoms with E-state index in [4.69, 9.17) is 9.84 Å². The topological polar surface area (TPSA) is 49.8 Å². The third-order valence-corrected chi connectivity index (χ3v) is 1.93. The van der Waals surface area contributed by atoms with Gasteiger partial charge in [0.1, 0.15) is 11.9 Å². The first-order valence-corrected chi connectivity index (χ1v) is 3.82. The first-order valence-electron chi connectivity index (χ1n) is 3.82. The van der Waals surface area contributed by atoms with Crippen molar-refractivity contribution in [3.8, 4) is 0 Å². The third-order valence-electron chi connectivity index (χ3n) is 1.93. The van der Waals surface area contributed by atoms with E-state index in [1.807, 2.05) is 0 Å². The third kappa shape index (κ3) is 2.62. The van der Waals surface area contributed by atoms with Crippen LogP contribution in [0.4, 0.5) is 4.39 Å². The van der Waals surface area contributed by atoms with Gasteiger partial charge in [0.2, 0.25) is 0 Å². The summed E-state index contributed by atoms with van der Waals surface area (Å²) in [6.07, 6.45) is -1.16. The predicted molar refractivity (Wildman–Crippen MR) is 42.8 cm³/mol. The number of aliphatic carboxylic acids is 1. The quantitative estimate of drug-likeness (QED) is 0.488. The van der Waals surface area contributed by atoms with Crippen molar-refractivity contribution in [1.29, 1.82) is 0 Å². The molecule has 1 fully saturated rings. The van der Waals surface area contributed by atoms with Crippen molar-refractivity contribution < 1.29 is 71.8 Å². The van der Waals surface area contributed by atoms with Gasteiger partial charge >= 0.3 is 57.4 Å². The number of benzene rings is 1. The van der Waals surface area contributed by atoms with Crippen molar-refractivity contribution in [3.05, 3.63) is 35.6 Å². The summed E-state index contributed by atoms with van der Waals surface area (Å²) in [7, 11) is 0. The molecule has 2 unspecified atom stereocenters. The molecular formula is C9H8FKO3. The smallest absolute Gasteiger partial charge is 1.00 e. The molecule has 14 heavy (non-hydrogen) atoms. The van der Waals surface area contributed by atoms with E-state index in [2.05, 4.69) is 0 Å². The van der Waals surface area contributed by atoms with Gasteiger partial charge < -0.3 is 11.3 Å². The molecule has 0 aromatic heterocycles. The van der Waals surface area contributed by atoms with Gasteiger partial charge in [-0.25, -0.2) is 9.18 Å². The van der Waals surface area contributed by atoms with Crippen LogP contribution >= 0.6 is 0 Å². The minimum absolute atomic E-state index is 0. The van der Waals surface area contributed by atoms with E-state index >= 15 is 0 Å². The van der Waals surface area contributed by atoms with E-state index in [1.54, 1.807) is 0 Å². The van der Waals surface area contributed by atoms with E-state index in [0.29, 0.717) is 5.56 Å². The fourth-order valence-electron chi connectivity index (χ4n) is 1.21. The molecule has 0 bridgehead atoms. The second-order valence-electron chi connectivity index (χ2n) is 2.87. The van der Waals surface area contributed by atoms with Gasteiger partial charge in [-0.15, -0.1) is 0 Å². The molecule has 1 aromatic carbocycles. The van der Waals surface area contributed by atoms with Crippen LogP contribution in [0, 0.1) is 5.82 Å². The van der Waals surface area contributed by atoms with Gasteiger partial charge in [0.15, 0.2) is 6.10 Å². The molecule has 0 radical (unpaired) electrons. The van der Waals surface area contributed by atoms with Crippen molar-refractivity contribution in [2.75, 3.05) is 0 Å². The number of rotatable bonds is 2. The molecule has 1 aliphatic heterocycles. The standard InChI is InChI=1S/C9H7FO3.K.H/c10-6-3-1-5(2-4-6)7-8(13-7)9(11)12;;/h1-4,7-8H,(H,11,12);;/q;+1;-1. The molecule has 0 saturated carbocycles.